The SMILES string of the molecule is O=C(Oc1ccccc1-c1nc2ccccn2c1NC1CCCCC1)c1ccc2c(c1)OCO2. The normalized spacial score (nSPS) is 15.4. The first kappa shape index (κ1) is 20.6. The molecule has 0 amide bonds. The van der Waals surface area contributed by atoms with Crippen LogP contribution in [-0.4, -0.2) is 28.2 Å². The second kappa shape index (κ2) is 8.74. The molecular formula is C27H25N3O4. The van der Waals surface area contributed by atoms with Crippen molar-refractivity contribution in [1.29, 1.82) is 0 Å². The minimum Gasteiger partial charge on any atom is -0.454 e. The van der Waals surface area contributed by atoms with Gasteiger partial charge in [-0.05, 0) is 55.3 Å². The number of para-hydroxylation sites is 1. The molecule has 6 rings (SSSR count). The topological polar surface area (TPSA) is 74.1 Å². The van der Waals surface area contributed by atoms with E-state index in [0.29, 0.717) is 28.9 Å². The highest BCUT2D eigenvalue weighted by Crippen LogP contribution is 2.37. The molecule has 1 aliphatic heterocycles. The van der Waals surface area contributed by atoms with E-state index >= 15 is 0 Å². The van der Waals surface area contributed by atoms with Gasteiger partial charge >= 0.3 is 5.97 Å². The fourth-order valence-electron chi connectivity index (χ4n) is 4.70. The third-order valence-corrected chi connectivity index (χ3v) is 6.43. The van der Waals surface area contributed by atoms with Crippen molar-refractivity contribution in [3.63, 3.8) is 0 Å². The second-order valence-electron chi connectivity index (χ2n) is 8.67. The van der Waals surface area contributed by atoms with Crippen molar-refractivity contribution < 1.29 is 19.0 Å². The number of imidazole rings is 1. The van der Waals surface area contributed by atoms with Crippen LogP contribution in [0.4, 0.5) is 5.82 Å². The third kappa shape index (κ3) is 3.83. The number of esters is 1. The van der Waals surface area contributed by atoms with E-state index in [9.17, 15) is 4.79 Å². The van der Waals surface area contributed by atoms with Crippen molar-refractivity contribution in [2.24, 2.45) is 0 Å². The number of nitrogens with zero attached hydrogens (tertiary/aromatic N) is 2. The zero-order chi connectivity index (χ0) is 22.9. The first-order valence-corrected chi connectivity index (χ1v) is 11.7. The quantitative estimate of drug-likeness (QED) is 0.308. The number of nitrogens with one attached hydrogen (secondary N) is 1. The van der Waals surface area contributed by atoms with Gasteiger partial charge in [-0.15, -0.1) is 0 Å². The van der Waals surface area contributed by atoms with Gasteiger partial charge in [0.25, 0.3) is 0 Å². The van der Waals surface area contributed by atoms with Gasteiger partial charge in [-0.2, -0.15) is 0 Å². The first-order chi connectivity index (χ1) is 16.8. The highest BCUT2D eigenvalue weighted by Gasteiger charge is 2.23. The summed E-state index contributed by atoms with van der Waals surface area (Å²) in [6, 6.07) is 18.9. The molecule has 0 bridgehead atoms. The number of pyridine rings is 1. The van der Waals surface area contributed by atoms with Gasteiger partial charge in [-0.25, -0.2) is 9.78 Å². The first-order valence-electron chi connectivity index (χ1n) is 11.7. The zero-order valence-corrected chi connectivity index (χ0v) is 18.7. The number of fused-ring (bicyclic) bond motifs is 2. The van der Waals surface area contributed by atoms with Gasteiger partial charge in [-0.3, -0.25) is 4.40 Å². The third-order valence-electron chi connectivity index (χ3n) is 6.43. The molecule has 4 aromatic rings. The lowest BCUT2D eigenvalue weighted by Crippen LogP contribution is -2.23. The summed E-state index contributed by atoms with van der Waals surface area (Å²) in [7, 11) is 0. The standard InChI is InChI=1S/C27H25N3O4/c31-27(18-13-14-22-23(16-18)33-17-32-22)34-21-11-5-4-10-20(21)25-26(28-19-8-2-1-3-9-19)30-15-7-6-12-24(30)29-25/h4-7,10-16,19,28H,1-3,8-9,17H2. The van der Waals surface area contributed by atoms with Gasteiger partial charge in [0, 0.05) is 17.8 Å². The molecule has 3 heterocycles. The monoisotopic (exact) mass is 455 g/mol. The maximum Gasteiger partial charge on any atom is 0.343 e. The number of aromatic nitrogens is 2. The Kier molecular flexibility index (Phi) is 5.30. The van der Waals surface area contributed by atoms with E-state index in [4.69, 9.17) is 19.2 Å². The van der Waals surface area contributed by atoms with Crippen molar-refractivity contribution in [2.45, 2.75) is 38.1 Å². The van der Waals surface area contributed by atoms with Crippen molar-refractivity contribution >= 4 is 17.4 Å². The molecule has 7 heteroatoms. The van der Waals surface area contributed by atoms with Crippen LogP contribution in [0.1, 0.15) is 42.5 Å². The van der Waals surface area contributed by atoms with E-state index in [1.165, 1.54) is 19.3 Å². The molecule has 2 aromatic heterocycles. The molecule has 0 saturated heterocycles. The van der Waals surface area contributed by atoms with Crippen LogP contribution in [0, 0.1) is 0 Å². The lowest BCUT2D eigenvalue weighted by atomic mass is 9.95. The molecule has 0 radical (unpaired) electrons. The van der Waals surface area contributed by atoms with Crippen LogP contribution >= 0.6 is 0 Å². The molecule has 2 aliphatic rings. The summed E-state index contributed by atoms with van der Waals surface area (Å²) < 4.78 is 18.7. The lowest BCUT2D eigenvalue weighted by molar-refractivity contribution is 0.0735. The Morgan fingerprint density at radius 1 is 0.971 bits per heavy atom. The van der Waals surface area contributed by atoms with E-state index in [2.05, 4.69) is 9.72 Å². The second-order valence-corrected chi connectivity index (χ2v) is 8.67. The predicted molar refractivity (Wildman–Crippen MR) is 129 cm³/mol. The van der Waals surface area contributed by atoms with Crippen molar-refractivity contribution in [3.05, 3.63) is 72.4 Å². The minimum absolute atomic E-state index is 0.154. The summed E-state index contributed by atoms with van der Waals surface area (Å²) in [6.07, 6.45) is 8.04. The summed E-state index contributed by atoms with van der Waals surface area (Å²) >= 11 is 0. The van der Waals surface area contributed by atoms with Crippen LogP contribution in [0.5, 0.6) is 17.2 Å². The highest BCUT2D eigenvalue weighted by molar-refractivity contribution is 5.93. The largest absolute Gasteiger partial charge is 0.454 e. The fraction of sp³-hybridized carbons (Fsp3) is 0.259. The molecule has 0 atom stereocenters. The van der Waals surface area contributed by atoms with Crippen molar-refractivity contribution in [3.8, 4) is 28.5 Å². The zero-order valence-electron chi connectivity index (χ0n) is 18.7. The average molecular weight is 456 g/mol. The summed E-state index contributed by atoms with van der Waals surface area (Å²) in [5.41, 5.74) is 2.77. The fourth-order valence-corrected chi connectivity index (χ4v) is 4.70. The van der Waals surface area contributed by atoms with E-state index in [1.54, 1.807) is 24.3 Å². The number of carbonyl (C=O) groups is 1. The van der Waals surface area contributed by atoms with Crippen molar-refractivity contribution in [2.75, 3.05) is 12.1 Å². The van der Waals surface area contributed by atoms with Crippen LogP contribution in [0.15, 0.2) is 66.9 Å². The number of ether oxygens (including phenoxy) is 3. The molecule has 34 heavy (non-hydrogen) atoms. The maximum atomic E-state index is 13.0. The highest BCUT2D eigenvalue weighted by atomic mass is 16.7. The number of hydrogen-bond acceptors (Lipinski definition) is 6. The summed E-state index contributed by atoms with van der Waals surface area (Å²) in [5, 5.41) is 3.74. The van der Waals surface area contributed by atoms with Gasteiger partial charge in [-0.1, -0.05) is 37.5 Å². The number of benzene rings is 2. The van der Waals surface area contributed by atoms with Crippen LogP contribution in [0.2, 0.25) is 0 Å². The van der Waals surface area contributed by atoms with Crippen molar-refractivity contribution in [1.82, 2.24) is 9.38 Å². The molecule has 1 N–H and O–H groups in total. The number of anilines is 1. The van der Waals surface area contributed by atoms with Gasteiger partial charge in [0.15, 0.2) is 11.5 Å². The van der Waals surface area contributed by atoms with Crippen LogP contribution in [0.3, 0.4) is 0 Å². The summed E-state index contributed by atoms with van der Waals surface area (Å²) in [6.45, 7) is 0.154. The number of carbonyl (C=O) groups excluding carboxylic acids is 1. The molecule has 1 fully saturated rings. The molecule has 0 spiro atoms. The Morgan fingerprint density at radius 3 is 2.71 bits per heavy atom. The lowest BCUT2D eigenvalue weighted by Gasteiger charge is -2.24. The Bertz CT molecular complexity index is 1360. The van der Waals surface area contributed by atoms with E-state index < -0.39 is 5.97 Å². The van der Waals surface area contributed by atoms with Gasteiger partial charge in [0.05, 0.1) is 5.56 Å². The van der Waals surface area contributed by atoms with Crippen LogP contribution in [-0.2, 0) is 0 Å². The number of rotatable bonds is 5. The molecular weight excluding hydrogens is 430 g/mol. The van der Waals surface area contributed by atoms with Gasteiger partial charge in [0.2, 0.25) is 6.79 Å². The smallest absolute Gasteiger partial charge is 0.343 e. The van der Waals surface area contributed by atoms with Crippen LogP contribution < -0.4 is 19.5 Å². The van der Waals surface area contributed by atoms with E-state index in [0.717, 1.165) is 35.6 Å². The summed E-state index contributed by atoms with van der Waals surface area (Å²) in [4.78, 5) is 17.9. The molecule has 172 valence electrons. The molecule has 1 saturated carbocycles. The predicted octanol–water partition coefficient (Wildman–Crippen LogP) is 5.69. The van der Waals surface area contributed by atoms with E-state index in [-0.39, 0.29) is 6.79 Å². The molecule has 2 aromatic carbocycles. The van der Waals surface area contributed by atoms with Gasteiger partial charge < -0.3 is 19.5 Å². The van der Waals surface area contributed by atoms with Gasteiger partial charge in [0.1, 0.15) is 22.9 Å². The van der Waals surface area contributed by atoms with Crippen LogP contribution in [0.25, 0.3) is 16.9 Å². The van der Waals surface area contributed by atoms with E-state index in [1.807, 2.05) is 42.6 Å². The molecule has 1 aliphatic carbocycles. The Morgan fingerprint density at radius 2 is 1.79 bits per heavy atom. The molecule has 7 nitrogen and oxygen atoms in total. The minimum atomic E-state index is -0.462. The summed E-state index contributed by atoms with van der Waals surface area (Å²) in [5.74, 6) is 2.09. The molecule has 0 unspecified atom stereocenters. The Hall–Kier alpha value is -4.00. The Labute approximate surface area is 197 Å². The number of hydrogen-bond donors (Lipinski definition) is 1. The average Bonchev–Trinajstić information content (AvgIpc) is 3.49. The Balaban J connectivity index is 1.36. The maximum absolute atomic E-state index is 13.0.